The van der Waals surface area contributed by atoms with Gasteiger partial charge < -0.3 is 0 Å². The van der Waals surface area contributed by atoms with Gasteiger partial charge in [0.05, 0.1) is 11.7 Å². The van der Waals surface area contributed by atoms with E-state index in [1.54, 1.807) is 10.8 Å². The maximum absolute atomic E-state index is 13.3. The van der Waals surface area contributed by atoms with Crippen molar-refractivity contribution in [1.29, 1.82) is 0 Å². The van der Waals surface area contributed by atoms with Gasteiger partial charge in [-0.1, -0.05) is 25.2 Å². The summed E-state index contributed by atoms with van der Waals surface area (Å²) in [5.74, 6) is 0.978. The number of nitrogens with one attached hydrogen (secondary N) is 1. The highest BCUT2D eigenvalue weighted by Crippen LogP contribution is 2.33. The normalized spacial score (nSPS) is 17.2. The van der Waals surface area contributed by atoms with Gasteiger partial charge in [-0.15, -0.1) is 0 Å². The second-order valence-corrected chi connectivity index (χ2v) is 7.18. The van der Waals surface area contributed by atoms with E-state index in [0.717, 1.165) is 29.0 Å². The lowest BCUT2D eigenvalue weighted by molar-refractivity contribution is -0.141. The van der Waals surface area contributed by atoms with Gasteiger partial charge in [0.2, 0.25) is 0 Å². The molecule has 1 aliphatic carbocycles. The third-order valence-corrected chi connectivity index (χ3v) is 5.05. The van der Waals surface area contributed by atoms with E-state index in [4.69, 9.17) is 0 Å². The van der Waals surface area contributed by atoms with Crippen molar-refractivity contribution >= 4 is 27.6 Å². The summed E-state index contributed by atoms with van der Waals surface area (Å²) in [6.45, 7) is 2.11. The summed E-state index contributed by atoms with van der Waals surface area (Å²) in [6, 6.07) is 7.87. The van der Waals surface area contributed by atoms with Gasteiger partial charge in [-0.2, -0.15) is 18.3 Å². The molecular weight excluding hydrogens is 379 g/mol. The minimum absolute atomic E-state index is 0.172. The Kier molecular flexibility index (Phi) is 3.84. The highest BCUT2D eigenvalue weighted by atomic mass is 19.4. The van der Waals surface area contributed by atoms with Crippen LogP contribution in [-0.4, -0.2) is 24.7 Å². The SMILES string of the molecule is CC1C=CC(c2nc3ccc(C(F)(F)F)nc3n2-c2ccc3[nH]ncc3c2)=CC1. The van der Waals surface area contributed by atoms with Crippen LogP contribution in [0.2, 0.25) is 0 Å². The molecule has 0 spiro atoms. The highest BCUT2D eigenvalue weighted by Gasteiger charge is 2.33. The lowest BCUT2D eigenvalue weighted by atomic mass is 9.98. The average Bonchev–Trinajstić information content (AvgIpc) is 3.31. The predicted octanol–water partition coefficient (Wildman–Crippen LogP) is 5.30. The van der Waals surface area contributed by atoms with Crippen LogP contribution in [0, 0.1) is 5.92 Å². The smallest absolute Gasteiger partial charge is 0.278 e. The number of halogens is 3. The Morgan fingerprint density at radius 1 is 1.14 bits per heavy atom. The molecule has 1 unspecified atom stereocenters. The van der Waals surface area contributed by atoms with Gasteiger partial charge in [-0.3, -0.25) is 9.67 Å². The van der Waals surface area contributed by atoms with Crippen molar-refractivity contribution in [3.63, 3.8) is 0 Å². The van der Waals surface area contributed by atoms with Crippen molar-refractivity contribution in [2.45, 2.75) is 19.5 Å². The molecule has 29 heavy (non-hydrogen) atoms. The number of alkyl halides is 3. The molecule has 0 saturated carbocycles. The Morgan fingerprint density at radius 3 is 2.76 bits per heavy atom. The molecule has 8 heteroatoms. The van der Waals surface area contributed by atoms with Gasteiger partial charge in [0.15, 0.2) is 5.65 Å². The van der Waals surface area contributed by atoms with E-state index in [2.05, 4.69) is 39.2 Å². The zero-order valence-corrected chi connectivity index (χ0v) is 15.4. The number of fused-ring (bicyclic) bond motifs is 2. The van der Waals surface area contributed by atoms with E-state index in [9.17, 15) is 13.2 Å². The molecule has 3 heterocycles. The fraction of sp³-hybridized carbons (Fsp3) is 0.190. The van der Waals surface area contributed by atoms with Crippen LogP contribution in [0.5, 0.6) is 0 Å². The maximum Gasteiger partial charge on any atom is 0.433 e. The first kappa shape index (κ1) is 17.7. The van der Waals surface area contributed by atoms with Crippen molar-refractivity contribution < 1.29 is 13.2 Å². The minimum atomic E-state index is -4.53. The number of nitrogens with zero attached hydrogens (tertiary/aromatic N) is 4. The molecule has 1 atom stereocenters. The number of hydrogen-bond donors (Lipinski definition) is 1. The second-order valence-electron chi connectivity index (χ2n) is 7.18. The number of aromatic amines is 1. The lowest BCUT2D eigenvalue weighted by Gasteiger charge is -2.14. The first-order valence-electron chi connectivity index (χ1n) is 9.19. The number of aromatic nitrogens is 5. The topological polar surface area (TPSA) is 59.4 Å². The summed E-state index contributed by atoms with van der Waals surface area (Å²) >= 11 is 0. The minimum Gasteiger partial charge on any atom is -0.278 e. The molecule has 5 nitrogen and oxygen atoms in total. The van der Waals surface area contributed by atoms with Crippen molar-refractivity contribution in [2.24, 2.45) is 5.92 Å². The van der Waals surface area contributed by atoms with Crippen LogP contribution in [0.4, 0.5) is 13.2 Å². The van der Waals surface area contributed by atoms with Gasteiger partial charge in [0.1, 0.15) is 17.0 Å². The molecule has 0 fully saturated rings. The summed E-state index contributed by atoms with van der Waals surface area (Å²) in [5.41, 5.74) is 2.02. The average molecular weight is 395 g/mol. The monoisotopic (exact) mass is 395 g/mol. The van der Waals surface area contributed by atoms with E-state index in [-0.39, 0.29) is 5.65 Å². The summed E-state index contributed by atoms with van der Waals surface area (Å²) in [6.07, 6.45) is 4.09. The van der Waals surface area contributed by atoms with Crippen LogP contribution in [-0.2, 0) is 6.18 Å². The van der Waals surface area contributed by atoms with Crippen molar-refractivity contribution in [2.75, 3.05) is 0 Å². The van der Waals surface area contributed by atoms with Gasteiger partial charge >= 0.3 is 6.18 Å². The van der Waals surface area contributed by atoms with Crippen LogP contribution in [0.25, 0.3) is 33.3 Å². The van der Waals surface area contributed by atoms with Crippen LogP contribution in [0.1, 0.15) is 24.9 Å². The molecule has 0 bridgehead atoms. The zero-order chi connectivity index (χ0) is 20.2. The molecule has 1 aromatic carbocycles. The Labute approximate surface area is 163 Å². The number of H-pyrrole nitrogens is 1. The molecule has 0 aliphatic heterocycles. The fourth-order valence-electron chi connectivity index (χ4n) is 3.52. The standard InChI is InChI=1S/C21H16F3N5/c1-12-2-4-13(5-3-12)19-26-17-8-9-18(21(22,23)24)27-20(17)29(19)15-6-7-16-14(10-15)11-25-28-16/h2,4-12H,3H2,1H3,(H,25,28). The van der Waals surface area contributed by atoms with E-state index in [1.165, 1.54) is 6.07 Å². The molecular formula is C21H16F3N5. The number of hydrogen-bond acceptors (Lipinski definition) is 3. The largest absolute Gasteiger partial charge is 0.433 e. The Morgan fingerprint density at radius 2 is 2.00 bits per heavy atom. The molecule has 1 aliphatic rings. The third kappa shape index (κ3) is 3.00. The molecule has 4 aromatic rings. The number of imidazole rings is 1. The van der Waals surface area contributed by atoms with E-state index in [1.807, 2.05) is 24.3 Å². The van der Waals surface area contributed by atoms with Gasteiger partial charge in [-0.25, -0.2) is 9.97 Å². The lowest BCUT2D eigenvalue weighted by Crippen LogP contribution is -2.09. The number of allylic oxidation sites excluding steroid dienone is 4. The summed E-state index contributed by atoms with van der Waals surface area (Å²) in [5, 5.41) is 7.75. The van der Waals surface area contributed by atoms with E-state index in [0.29, 0.717) is 22.9 Å². The molecule has 0 saturated heterocycles. The molecule has 0 amide bonds. The van der Waals surface area contributed by atoms with Crippen molar-refractivity contribution in [3.05, 3.63) is 66.3 Å². The molecule has 0 radical (unpaired) electrons. The van der Waals surface area contributed by atoms with Gasteiger partial charge in [0.25, 0.3) is 0 Å². The molecule has 3 aromatic heterocycles. The summed E-state index contributed by atoms with van der Waals surface area (Å²) in [4.78, 5) is 8.54. The van der Waals surface area contributed by atoms with E-state index < -0.39 is 11.9 Å². The van der Waals surface area contributed by atoms with Crippen LogP contribution in [0.3, 0.4) is 0 Å². The zero-order valence-electron chi connectivity index (χ0n) is 15.4. The fourth-order valence-corrected chi connectivity index (χ4v) is 3.52. The first-order valence-corrected chi connectivity index (χ1v) is 9.19. The molecule has 5 rings (SSSR count). The van der Waals surface area contributed by atoms with Crippen LogP contribution < -0.4 is 0 Å². The molecule has 146 valence electrons. The Bertz CT molecular complexity index is 1290. The predicted molar refractivity (Wildman–Crippen MR) is 104 cm³/mol. The Balaban J connectivity index is 1.79. The van der Waals surface area contributed by atoms with Crippen LogP contribution >= 0.6 is 0 Å². The quantitative estimate of drug-likeness (QED) is 0.501. The van der Waals surface area contributed by atoms with Crippen LogP contribution in [0.15, 0.2) is 54.8 Å². The van der Waals surface area contributed by atoms with Gasteiger partial charge in [0, 0.05) is 16.6 Å². The number of pyridine rings is 1. The summed E-state index contributed by atoms with van der Waals surface area (Å²) < 4.78 is 41.6. The highest BCUT2D eigenvalue weighted by molar-refractivity contribution is 5.85. The number of rotatable bonds is 2. The second kappa shape index (κ2) is 6.30. The third-order valence-electron chi connectivity index (χ3n) is 5.05. The van der Waals surface area contributed by atoms with E-state index >= 15 is 0 Å². The van der Waals surface area contributed by atoms with Crippen molar-refractivity contribution in [3.8, 4) is 5.69 Å². The van der Waals surface area contributed by atoms with Gasteiger partial charge in [-0.05, 0) is 42.7 Å². The first-order chi connectivity index (χ1) is 13.9. The summed E-state index contributed by atoms with van der Waals surface area (Å²) in [7, 11) is 0. The number of benzene rings is 1. The Hall–Kier alpha value is -3.42. The van der Waals surface area contributed by atoms with Crippen molar-refractivity contribution in [1.82, 2.24) is 24.7 Å². The molecule has 1 N–H and O–H groups in total. The maximum atomic E-state index is 13.3.